The quantitative estimate of drug-likeness (QED) is 0.221. The Labute approximate surface area is 584 Å². The summed E-state index contributed by atoms with van der Waals surface area (Å²) in [5.74, 6) is 14.6. The lowest BCUT2D eigenvalue weighted by Gasteiger charge is -2.10. The number of carbonyl (C=O) groups is 2. The molecule has 5 saturated heterocycles. The van der Waals surface area contributed by atoms with Gasteiger partial charge in [0.2, 0.25) is 5.91 Å². The molecule has 6 atom stereocenters. The molecule has 2 amide bonds. The van der Waals surface area contributed by atoms with Gasteiger partial charge in [0.1, 0.15) is 9.84 Å². The number of likely N-dealkylation sites (tertiary alicyclic amines) is 1. The highest BCUT2D eigenvalue weighted by Gasteiger charge is 2.29. The molecule has 0 aromatic rings. The van der Waals surface area contributed by atoms with E-state index in [0.29, 0.717) is 17.4 Å². The largest absolute Gasteiger partial charge is 0.306 e. The molecular weight excluding hydrogens is 1190 g/mol. The van der Waals surface area contributed by atoms with Crippen molar-refractivity contribution in [2.75, 3.05) is 54.7 Å². The second kappa shape index (κ2) is 69.0. The van der Waals surface area contributed by atoms with Crippen LogP contribution in [0.4, 0.5) is 4.79 Å². The molecule has 540 valence electrons. The molecule has 5 aliphatic carbocycles. The van der Waals surface area contributed by atoms with Crippen LogP contribution in [0.15, 0.2) is 49.1 Å². The Hall–Kier alpha value is -0.940. The van der Waals surface area contributed by atoms with Crippen molar-refractivity contribution in [2.45, 2.75) is 347 Å². The number of nitrogens with zero attached hydrogens (tertiary/aromatic N) is 1. The first-order valence-corrected chi connectivity index (χ1v) is 43.7. The van der Waals surface area contributed by atoms with Crippen molar-refractivity contribution in [3.8, 4) is 0 Å². The fraction of sp³-hybridized carbons (Fsp3) is 0.877. The third kappa shape index (κ3) is 76.3. The molecule has 1 N–H and O–H groups in total. The number of imide groups is 1. The third-order valence-corrected chi connectivity index (χ3v) is 23.0. The summed E-state index contributed by atoms with van der Waals surface area (Å²) in [6.45, 7) is 39.4. The molecule has 0 radical (unpaired) electrons. The van der Waals surface area contributed by atoms with Crippen molar-refractivity contribution in [3.63, 3.8) is 0 Å². The lowest BCUT2D eigenvalue weighted by atomic mass is 10.0. The number of hydrogen-bond donors (Lipinski definition) is 1. The Morgan fingerprint density at radius 3 is 1.52 bits per heavy atom. The van der Waals surface area contributed by atoms with Gasteiger partial charge < -0.3 is 4.90 Å². The van der Waals surface area contributed by atoms with Crippen LogP contribution in [-0.4, -0.2) is 84.4 Å². The second-order valence-electron chi connectivity index (χ2n) is 29.4. The first-order valence-electron chi connectivity index (χ1n) is 38.7. The van der Waals surface area contributed by atoms with Crippen LogP contribution in [0.25, 0.3) is 0 Å². The van der Waals surface area contributed by atoms with Crippen molar-refractivity contribution in [2.24, 2.45) is 53.3 Å². The standard InChI is InChI=1S/C8H16.3C8H14.C7H15N.C7H14O2S.2C7H14S.C5H7NO2S.C4H8.2C4H10.C4H8/c5*1-8-6-4-2-3-5-7-8;1-7-3-2-5-10(8,9)6-4-7;1-7-3-2-5-8-6-4-7;1-7-4-2-3-5-8-6-7;1-2-3-4(7)6-5(8)9-3;1-4-2-3-4;1-4(2)3;2*1-3-4-2/h8H,2-7H2,1H3;4,6,8H,2-3,5,7H2,1H3;2,4,8H,3,5-7H2,1H3;2-3,8H,4-7H2,1H3;2-7H2,1H3;7H,2-6H2,1H3;2*7H,2-6H2,1H3;3H,2H2,1H3,(H,6,7,8);4H,2-3H2,1H3;4H,1-3H3;3-4H2,1-2H3;3H,1,4H2,2H3. The second-order valence-corrected chi connectivity index (χ2v) is 35.2. The van der Waals surface area contributed by atoms with Gasteiger partial charge in [-0.25, -0.2) is 8.42 Å². The Balaban J connectivity index is -0.000000930. The Kier molecular flexibility index (Phi) is 71.4. The molecule has 5 aliphatic heterocycles. The van der Waals surface area contributed by atoms with Crippen molar-refractivity contribution in [1.82, 2.24) is 10.2 Å². The number of amides is 2. The first-order chi connectivity index (χ1) is 43.5. The Morgan fingerprint density at radius 1 is 0.505 bits per heavy atom. The predicted molar refractivity (Wildman–Crippen MR) is 421 cm³/mol. The molecule has 5 heterocycles. The first kappa shape index (κ1) is 94.2. The lowest BCUT2D eigenvalue weighted by Crippen LogP contribution is -2.23. The highest BCUT2D eigenvalue weighted by atomic mass is 32.2. The zero-order chi connectivity index (χ0) is 68.6. The van der Waals surface area contributed by atoms with Gasteiger partial charge in [0.15, 0.2) is 0 Å². The molecule has 6 nitrogen and oxygen atoms in total. The number of hydrogen-bond acceptors (Lipinski definition) is 8. The monoisotopic (exact) mass is 1350 g/mol. The van der Waals surface area contributed by atoms with Gasteiger partial charge in [0, 0.05) is 0 Å². The van der Waals surface area contributed by atoms with E-state index >= 15 is 0 Å². The van der Waals surface area contributed by atoms with E-state index in [2.05, 4.69) is 181 Å². The summed E-state index contributed by atoms with van der Waals surface area (Å²) < 4.78 is 22.0. The van der Waals surface area contributed by atoms with Gasteiger partial charge in [0.25, 0.3) is 5.24 Å². The zero-order valence-electron chi connectivity index (χ0n) is 63.6. The maximum Gasteiger partial charge on any atom is 0.286 e. The Morgan fingerprint density at radius 2 is 0.978 bits per heavy atom. The van der Waals surface area contributed by atoms with E-state index in [1.807, 2.05) is 13.0 Å². The molecule has 10 aliphatic rings. The molecule has 0 bridgehead atoms. The highest BCUT2D eigenvalue weighted by molar-refractivity contribution is 8.15. The van der Waals surface area contributed by atoms with E-state index in [1.165, 1.54) is 242 Å². The molecule has 91 heavy (non-hydrogen) atoms. The van der Waals surface area contributed by atoms with Crippen LogP contribution in [0.5, 0.6) is 0 Å². The van der Waals surface area contributed by atoms with Crippen molar-refractivity contribution < 1.29 is 18.0 Å². The molecular formula is C81H158N2O4S4. The van der Waals surface area contributed by atoms with Gasteiger partial charge in [-0.2, -0.15) is 23.5 Å². The van der Waals surface area contributed by atoms with Gasteiger partial charge in [-0.1, -0.05) is 254 Å². The van der Waals surface area contributed by atoms with Crippen molar-refractivity contribution in [1.29, 1.82) is 0 Å². The number of unbranched alkanes of at least 4 members (excludes halogenated alkanes) is 1. The summed E-state index contributed by atoms with van der Waals surface area (Å²) in [5.41, 5.74) is 0. The predicted octanol–water partition coefficient (Wildman–Crippen LogP) is 26.2. The van der Waals surface area contributed by atoms with E-state index in [4.69, 9.17) is 0 Å². The van der Waals surface area contributed by atoms with Crippen LogP contribution in [-0.2, 0) is 14.6 Å². The molecule has 10 heteroatoms. The van der Waals surface area contributed by atoms with Crippen LogP contribution >= 0.6 is 35.3 Å². The van der Waals surface area contributed by atoms with Gasteiger partial charge in [-0.3, -0.25) is 14.9 Å². The number of carbonyl (C=O) groups excluding carboxylic acids is 2. The fourth-order valence-electron chi connectivity index (χ4n) is 10.4. The third-order valence-electron chi connectivity index (χ3n) is 17.6. The van der Waals surface area contributed by atoms with E-state index < -0.39 is 9.84 Å². The smallest absolute Gasteiger partial charge is 0.286 e. The van der Waals surface area contributed by atoms with E-state index in [9.17, 15) is 18.0 Å². The normalized spacial score (nSPS) is 25.7. The summed E-state index contributed by atoms with van der Waals surface area (Å²) >= 11 is 5.32. The average molecular weight is 1350 g/mol. The maximum atomic E-state index is 11.0. The minimum absolute atomic E-state index is 0.141. The summed E-state index contributed by atoms with van der Waals surface area (Å²) in [6.07, 6.45) is 65.8. The van der Waals surface area contributed by atoms with Crippen molar-refractivity contribution in [3.05, 3.63) is 49.1 Å². The van der Waals surface area contributed by atoms with Crippen LogP contribution < -0.4 is 5.32 Å². The zero-order valence-corrected chi connectivity index (χ0v) is 66.8. The van der Waals surface area contributed by atoms with Gasteiger partial charge in [-0.15, -0.1) is 6.58 Å². The number of rotatable bonds is 3. The number of thioether (sulfide) groups is 3. The number of allylic oxidation sites excluding steroid dienone is 7. The molecule has 6 unspecified atom stereocenters. The van der Waals surface area contributed by atoms with Gasteiger partial charge in [0.05, 0.1) is 16.8 Å². The summed E-state index contributed by atoms with van der Waals surface area (Å²) in [5, 5.41) is 1.85. The van der Waals surface area contributed by atoms with E-state index in [-0.39, 0.29) is 16.4 Å². The fourth-order valence-corrected chi connectivity index (χ4v) is 15.0. The van der Waals surface area contributed by atoms with Crippen LogP contribution in [0, 0.1) is 53.3 Å². The maximum absolute atomic E-state index is 11.0. The van der Waals surface area contributed by atoms with Gasteiger partial charge >= 0.3 is 0 Å². The molecule has 10 rings (SSSR count). The van der Waals surface area contributed by atoms with Crippen LogP contribution in [0.3, 0.4) is 0 Å². The minimum atomic E-state index is -2.65. The van der Waals surface area contributed by atoms with Crippen molar-refractivity contribution >= 4 is 56.3 Å². The highest BCUT2D eigenvalue weighted by Crippen LogP contribution is 2.27. The van der Waals surface area contributed by atoms with Gasteiger partial charge in [-0.05, 0) is 238 Å². The topological polar surface area (TPSA) is 83.5 Å². The van der Waals surface area contributed by atoms with Crippen LogP contribution in [0.2, 0.25) is 0 Å². The molecule has 2 saturated carbocycles. The minimum Gasteiger partial charge on any atom is -0.306 e. The molecule has 0 aromatic heterocycles. The Bertz CT molecular complexity index is 1660. The number of sulfone groups is 1. The van der Waals surface area contributed by atoms with Crippen LogP contribution in [0.1, 0.15) is 341 Å². The summed E-state index contributed by atoms with van der Waals surface area (Å²) in [7, 11) is -0.439. The van der Waals surface area contributed by atoms with E-state index in [0.717, 1.165) is 91.2 Å². The van der Waals surface area contributed by atoms with E-state index in [1.54, 1.807) is 0 Å². The summed E-state index contributed by atoms with van der Waals surface area (Å²) in [4.78, 5) is 23.5. The lowest BCUT2D eigenvalue weighted by molar-refractivity contribution is -0.119. The average Bonchev–Trinajstić information content (AvgIpc) is 4.62. The SMILES string of the molecule is C=CCC.CC(C)C.CC1C=CCCCC1.CC1CC1.CC1CC=CCCC1.CC1CCC=CCC1.CC1CCCCCC1.CC1CCCCSC1.CC1CCCS(=O)(=O)CC1.CC1CCCSCC1.CCC1SC(=O)NC1=O.CCCC.CN1CCCCCC1. The molecule has 0 aromatic carbocycles. The number of nitrogens with one attached hydrogen (secondary N) is 1. The summed E-state index contributed by atoms with van der Waals surface area (Å²) in [6, 6.07) is 0. The molecule has 0 spiro atoms. The molecule has 7 fully saturated rings.